The topological polar surface area (TPSA) is 0 Å². The number of hydrogen-bond acceptors (Lipinski definition) is 0. The van der Waals surface area contributed by atoms with Gasteiger partial charge in [-0.15, -0.1) is 0 Å². The second-order valence-electron chi connectivity index (χ2n) is 15.0. The molecule has 0 nitrogen and oxygen atoms in total. The summed E-state index contributed by atoms with van der Waals surface area (Å²) in [4.78, 5) is 0. The van der Waals surface area contributed by atoms with Crippen LogP contribution in [-0.4, -0.2) is 0 Å². The lowest BCUT2D eigenvalue weighted by Gasteiger charge is -2.28. The number of rotatable bonds is 5. The van der Waals surface area contributed by atoms with Crippen molar-refractivity contribution in [1.82, 2.24) is 0 Å². The minimum atomic E-state index is 0.401. The summed E-state index contributed by atoms with van der Waals surface area (Å²) in [5.74, 6) is 0.401. The number of benzene rings is 8. The minimum Gasteiger partial charge on any atom is -0.0622 e. The standard InChI is InChI=1S/C51H46/c1-30(2)39-23-24-42-43(29-39)47(38-19-13-10-14-20-38)51-48(44-33(5)25-31(3)26-34(44)6)41-22-16-15-21-40(41)46(37-17-11-9-12-18-37)50(51)49(42)45-35(7)27-32(4)28-36(45)8/h9-30H,1-8H3. The van der Waals surface area contributed by atoms with E-state index in [9.17, 15) is 0 Å². The van der Waals surface area contributed by atoms with Crippen LogP contribution in [0.15, 0.2) is 127 Å². The summed E-state index contributed by atoms with van der Waals surface area (Å²) in [6, 6.07) is 48.2. The van der Waals surface area contributed by atoms with E-state index in [1.807, 2.05) is 0 Å². The van der Waals surface area contributed by atoms with Gasteiger partial charge in [0.2, 0.25) is 0 Å². The second kappa shape index (κ2) is 12.7. The Hall–Kier alpha value is -5.46. The fraction of sp³-hybridized carbons (Fsp3) is 0.176. The largest absolute Gasteiger partial charge is 0.0622 e. The lowest BCUT2D eigenvalue weighted by molar-refractivity contribution is 0.869. The molecule has 8 aromatic rings. The van der Waals surface area contributed by atoms with Gasteiger partial charge in [0, 0.05) is 0 Å². The zero-order valence-corrected chi connectivity index (χ0v) is 31.2. The van der Waals surface area contributed by atoms with Crippen LogP contribution in [0.1, 0.15) is 58.7 Å². The van der Waals surface area contributed by atoms with Gasteiger partial charge in [-0.05, 0) is 152 Å². The first-order valence-corrected chi connectivity index (χ1v) is 18.4. The molecule has 8 rings (SSSR count). The predicted octanol–water partition coefficient (Wildman–Crippen LogP) is 14.8. The van der Waals surface area contributed by atoms with E-state index < -0.39 is 0 Å². The van der Waals surface area contributed by atoms with Crippen molar-refractivity contribution in [2.24, 2.45) is 0 Å². The highest BCUT2D eigenvalue weighted by atomic mass is 14.3. The van der Waals surface area contributed by atoms with Gasteiger partial charge in [0.15, 0.2) is 0 Å². The zero-order chi connectivity index (χ0) is 35.6. The van der Waals surface area contributed by atoms with Gasteiger partial charge >= 0.3 is 0 Å². The second-order valence-corrected chi connectivity index (χ2v) is 15.0. The first-order chi connectivity index (χ1) is 24.6. The van der Waals surface area contributed by atoms with Gasteiger partial charge in [0.25, 0.3) is 0 Å². The van der Waals surface area contributed by atoms with Crippen molar-refractivity contribution < 1.29 is 0 Å². The van der Waals surface area contributed by atoms with Crippen LogP contribution in [-0.2, 0) is 0 Å². The van der Waals surface area contributed by atoms with Crippen molar-refractivity contribution in [3.63, 3.8) is 0 Å². The molecular weight excluding hydrogens is 613 g/mol. The van der Waals surface area contributed by atoms with Crippen molar-refractivity contribution in [1.29, 1.82) is 0 Å². The quantitative estimate of drug-likeness (QED) is 0.161. The van der Waals surface area contributed by atoms with Gasteiger partial charge in [-0.2, -0.15) is 0 Å². The van der Waals surface area contributed by atoms with Crippen LogP contribution in [0.25, 0.3) is 76.8 Å². The highest BCUT2D eigenvalue weighted by Crippen LogP contribution is 2.55. The van der Waals surface area contributed by atoms with Gasteiger partial charge in [-0.3, -0.25) is 0 Å². The molecule has 0 saturated carbocycles. The third kappa shape index (κ3) is 5.37. The van der Waals surface area contributed by atoms with E-state index in [-0.39, 0.29) is 0 Å². The molecule has 250 valence electrons. The monoisotopic (exact) mass is 658 g/mol. The fourth-order valence-corrected chi connectivity index (χ4v) is 9.03. The molecule has 0 aliphatic heterocycles. The van der Waals surface area contributed by atoms with E-state index in [1.165, 1.54) is 116 Å². The van der Waals surface area contributed by atoms with E-state index in [0.717, 1.165) is 0 Å². The third-order valence-corrected chi connectivity index (χ3v) is 10.9. The Morgan fingerprint density at radius 1 is 0.333 bits per heavy atom. The smallest absolute Gasteiger partial charge is 0.000118 e. The van der Waals surface area contributed by atoms with Crippen LogP contribution in [0.3, 0.4) is 0 Å². The molecule has 8 aromatic carbocycles. The van der Waals surface area contributed by atoms with Crippen LogP contribution in [0.2, 0.25) is 0 Å². The molecule has 0 saturated heterocycles. The molecule has 0 aliphatic rings. The summed E-state index contributed by atoms with van der Waals surface area (Å²) in [7, 11) is 0. The van der Waals surface area contributed by atoms with Crippen molar-refractivity contribution in [2.75, 3.05) is 0 Å². The Morgan fingerprint density at radius 3 is 1.14 bits per heavy atom. The Morgan fingerprint density at radius 2 is 0.706 bits per heavy atom. The molecular formula is C51H46. The van der Waals surface area contributed by atoms with Crippen molar-refractivity contribution in [3.8, 4) is 44.5 Å². The molecule has 0 aliphatic carbocycles. The normalized spacial score (nSPS) is 11.7. The van der Waals surface area contributed by atoms with Crippen LogP contribution in [0, 0.1) is 41.5 Å². The van der Waals surface area contributed by atoms with E-state index >= 15 is 0 Å². The maximum atomic E-state index is 2.50. The van der Waals surface area contributed by atoms with E-state index in [2.05, 4.69) is 183 Å². The first kappa shape index (κ1) is 32.7. The van der Waals surface area contributed by atoms with Crippen molar-refractivity contribution >= 4 is 32.3 Å². The van der Waals surface area contributed by atoms with Gasteiger partial charge in [0.1, 0.15) is 0 Å². The number of hydrogen-bond donors (Lipinski definition) is 0. The van der Waals surface area contributed by atoms with Crippen LogP contribution in [0.5, 0.6) is 0 Å². The van der Waals surface area contributed by atoms with Crippen molar-refractivity contribution in [2.45, 2.75) is 61.3 Å². The maximum Gasteiger partial charge on any atom is -0.000118 e. The zero-order valence-electron chi connectivity index (χ0n) is 31.2. The van der Waals surface area contributed by atoms with E-state index in [0.29, 0.717) is 5.92 Å². The molecule has 0 atom stereocenters. The third-order valence-electron chi connectivity index (χ3n) is 10.9. The Bertz CT molecular complexity index is 2590. The molecule has 0 N–H and O–H groups in total. The molecule has 0 heterocycles. The summed E-state index contributed by atoms with van der Waals surface area (Å²) in [6.45, 7) is 18.3. The van der Waals surface area contributed by atoms with E-state index in [4.69, 9.17) is 0 Å². The molecule has 0 bridgehead atoms. The van der Waals surface area contributed by atoms with Crippen LogP contribution < -0.4 is 0 Å². The summed E-state index contributed by atoms with van der Waals surface area (Å²) >= 11 is 0. The molecule has 0 aromatic heterocycles. The van der Waals surface area contributed by atoms with E-state index in [1.54, 1.807) is 0 Å². The summed E-state index contributed by atoms with van der Waals surface area (Å²) in [6.07, 6.45) is 0. The van der Waals surface area contributed by atoms with Gasteiger partial charge < -0.3 is 0 Å². The minimum absolute atomic E-state index is 0.401. The Balaban J connectivity index is 1.81. The maximum absolute atomic E-state index is 2.50. The molecule has 0 unspecified atom stereocenters. The summed E-state index contributed by atoms with van der Waals surface area (Å²) in [5.41, 5.74) is 19.6. The molecule has 51 heavy (non-hydrogen) atoms. The Labute approximate surface area is 303 Å². The average molecular weight is 659 g/mol. The predicted molar refractivity (Wildman–Crippen MR) is 223 cm³/mol. The molecule has 0 radical (unpaired) electrons. The lowest BCUT2D eigenvalue weighted by atomic mass is 9.75. The molecule has 0 fully saturated rings. The fourth-order valence-electron chi connectivity index (χ4n) is 9.03. The highest BCUT2D eigenvalue weighted by molar-refractivity contribution is 6.34. The molecule has 0 heteroatoms. The summed E-state index contributed by atoms with van der Waals surface area (Å²) in [5, 5.41) is 7.85. The van der Waals surface area contributed by atoms with Gasteiger partial charge in [0.05, 0.1) is 0 Å². The Kier molecular flexibility index (Phi) is 8.15. The first-order valence-electron chi connectivity index (χ1n) is 18.4. The van der Waals surface area contributed by atoms with Crippen LogP contribution >= 0.6 is 0 Å². The summed E-state index contributed by atoms with van der Waals surface area (Å²) < 4.78 is 0. The molecule has 0 amide bonds. The lowest BCUT2D eigenvalue weighted by Crippen LogP contribution is -2.01. The SMILES string of the molecule is Cc1cc(C)c(-c2c3ccccc3c(-c3ccccc3)c3c(-c4c(C)cc(C)cc4C)c4ccc(C(C)C)cc4c(-c4ccccc4)c23)c(C)c1. The average Bonchev–Trinajstić information content (AvgIpc) is 3.11. The van der Waals surface area contributed by atoms with Gasteiger partial charge in [-0.1, -0.05) is 152 Å². The van der Waals surface area contributed by atoms with Crippen molar-refractivity contribution in [3.05, 3.63) is 166 Å². The highest BCUT2D eigenvalue weighted by Gasteiger charge is 2.28. The number of fused-ring (bicyclic) bond motifs is 3. The van der Waals surface area contributed by atoms with Gasteiger partial charge in [-0.25, -0.2) is 0 Å². The number of aryl methyl sites for hydroxylation is 6. The van der Waals surface area contributed by atoms with Crippen LogP contribution in [0.4, 0.5) is 0 Å². The molecule has 0 spiro atoms.